The Hall–Kier alpha value is -2.25. The molecule has 0 amide bonds. The van der Waals surface area contributed by atoms with Crippen LogP contribution in [-0.2, 0) is 21.4 Å². The first-order valence-corrected chi connectivity index (χ1v) is 7.45. The summed E-state index contributed by atoms with van der Waals surface area (Å²) in [4.78, 5) is 11.7. The van der Waals surface area contributed by atoms with Gasteiger partial charge in [-0.25, -0.2) is 22.7 Å². The van der Waals surface area contributed by atoms with Gasteiger partial charge in [0, 0.05) is 0 Å². The van der Waals surface area contributed by atoms with Crippen LogP contribution in [0.1, 0.15) is 15.9 Å². The van der Waals surface area contributed by atoms with E-state index in [4.69, 9.17) is 9.88 Å². The zero-order valence-corrected chi connectivity index (χ0v) is 11.6. The van der Waals surface area contributed by atoms with Crippen LogP contribution in [0.4, 0.5) is 4.39 Å². The lowest BCUT2D eigenvalue weighted by Gasteiger charge is -2.05. The van der Waals surface area contributed by atoms with Gasteiger partial charge in [0.05, 0.1) is 10.5 Å². The summed E-state index contributed by atoms with van der Waals surface area (Å²) in [6.45, 7) is -0.00392. The maximum absolute atomic E-state index is 12.7. The van der Waals surface area contributed by atoms with Crippen molar-refractivity contribution < 1.29 is 22.3 Å². The first kappa shape index (κ1) is 15.1. The fourth-order valence-corrected chi connectivity index (χ4v) is 2.11. The number of ether oxygens (including phenoxy) is 1. The van der Waals surface area contributed by atoms with Gasteiger partial charge >= 0.3 is 5.97 Å². The number of carbonyl (C=O) groups excluding carboxylic acids is 1. The molecule has 0 aromatic heterocycles. The molecule has 110 valence electrons. The maximum atomic E-state index is 12.7. The van der Waals surface area contributed by atoms with Gasteiger partial charge in [-0.2, -0.15) is 0 Å². The molecule has 0 atom stereocenters. The maximum Gasteiger partial charge on any atom is 0.338 e. The summed E-state index contributed by atoms with van der Waals surface area (Å²) in [7, 11) is -3.79. The quantitative estimate of drug-likeness (QED) is 0.873. The number of benzene rings is 2. The molecule has 0 saturated heterocycles. The van der Waals surface area contributed by atoms with E-state index >= 15 is 0 Å². The topological polar surface area (TPSA) is 86.5 Å². The van der Waals surface area contributed by atoms with E-state index in [1.807, 2.05) is 0 Å². The smallest absolute Gasteiger partial charge is 0.338 e. The average molecular weight is 309 g/mol. The third kappa shape index (κ3) is 4.11. The van der Waals surface area contributed by atoms with E-state index in [2.05, 4.69) is 0 Å². The molecule has 2 aromatic rings. The van der Waals surface area contributed by atoms with Gasteiger partial charge in [-0.1, -0.05) is 12.1 Å². The Morgan fingerprint density at radius 3 is 2.14 bits per heavy atom. The summed E-state index contributed by atoms with van der Waals surface area (Å²) >= 11 is 0. The predicted octanol–water partition coefficient (Wildman–Crippen LogP) is 1.83. The lowest BCUT2D eigenvalue weighted by atomic mass is 10.2. The van der Waals surface area contributed by atoms with Gasteiger partial charge in [0.15, 0.2) is 0 Å². The van der Waals surface area contributed by atoms with Crippen LogP contribution in [0.5, 0.6) is 0 Å². The molecule has 21 heavy (non-hydrogen) atoms. The van der Waals surface area contributed by atoms with Crippen LogP contribution >= 0.6 is 0 Å². The molecule has 0 unspecified atom stereocenters. The van der Waals surface area contributed by atoms with Crippen LogP contribution in [0.3, 0.4) is 0 Å². The molecule has 2 rings (SSSR count). The van der Waals surface area contributed by atoms with Gasteiger partial charge in [0.2, 0.25) is 10.0 Å². The summed E-state index contributed by atoms with van der Waals surface area (Å²) in [5, 5.41) is 4.96. The van der Waals surface area contributed by atoms with Crippen molar-refractivity contribution in [1.82, 2.24) is 0 Å². The molecule has 0 saturated carbocycles. The molecule has 0 radical (unpaired) electrons. The van der Waals surface area contributed by atoms with Gasteiger partial charge in [-0.3, -0.25) is 0 Å². The normalized spacial score (nSPS) is 11.1. The summed E-state index contributed by atoms with van der Waals surface area (Å²) < 4.78 is 39.9. The fourth-order valence-electron chi connectivity index (χ4n) is 1.59. The van der Waals surface area contributed by atoms with E-state index in [0.717, 1.165) is 0 Å². The third-order valence-electron chi connectivity index (χ3n) is 2.70. The van der Waals surface area contributed by atoms with Crippen molar-refractivity contribution in [3.63, 3.8) is 0 Å². The number of carbonyl (C=O) groups is 1. The third-order valence-corrected chi connectivity index (χ3v) is 3.63. The van der Waals surface area contributed by atoms with E-state index in [1.165, 1.54) is 48.5 Å². The van der Waals surface area contributed by atoms with Crippen LogP contribution in [-0.4, -0.2) is 14.4 Å². The van der Waals surface area contributed by atoms with Crippen LogP contribution < -0.4 is 5.14 Å². The second-order valence-corrected chi connectivity index (χ2v) is 5.83. The highest BCUT2D eigenvalue weighted by molar-refractivity contribution is 7.89. The Morgan fingerprint density at radius 1 is 1.05 bits per heavy atom. The first-order chi connectivity index (χ1) is 9.86. The van der Waals surface area contributed by atoms with Crippen molar-refractivity contribution in [2.24, 2.45) is 5.14 Å². The number of esters is 1. The van der Waals surface area contributed by atoms with Gasteiger partial charge in [0.25, 0.3) is 0 Å². The number of rotatable bonds is 4. The van der Waals surface area contributed by atoms with Crippen LogP contribution in [0.25, 0.3) is 0 Å². The van der Waals surface area contributed by atoms with Crippen molar-refractivity contribution in [2.45, 2.75) is 11.5 Å². The zero-order valence-electron chi connectivity index (χ0n) is 10.8. The lowest BCUT2D eigenvalue weighted by Crippen LogP contribution is -2.12. The van der Waals surface area contributed by atoms with Gasteiger partial charge in [-0.15, -0.1) is 0 Å². The molecule has 0 aliphatic heterocycles. The minimum Gasteiger partial charge on any atom is -0.457 e. The van der Waals surface area contributed by atoms with Crippen molar-refractivity contribution in [2.75, 3.05) is 0 Å². The summed E-state index contributed by atoms with van der Waals surface area (Å²) in [5.41, 5.74) is 0.843. The van der Waals surface area contributed by atoms with Gasteiger partial charge in [0.1, 0.15) is 12.4 Å². The highest BCUT2D eigenvalue weighted by atomic mass is 32.2. The number of nitrogens with two attached hydrogens (primary N) is 1. The predicted molar refractivity (Wildman–Crippen MR) is 73.3 cm³/mol. The first-order valence-electron chi connectivity index (χ1n) is 5.91. The summed E-state index contributed by atoms with van der Waals surface area (Å²) in [6.07, 6.45) is 0. The Balaban J connectivity index is 2.02. The molecule has 0 bridgehead atoms. The summed E-state index contributed by atoms with van der Waals surface area (Å²) in [6, 6.07) is 10.6. The standard InChI is InChI=1S/C14H12FNO4S/c15-12-5-1-10(2-6-12)9-20-14(17)11-3-7-13(8-4-11)21(16,18)19/h1-8H,9H2,(H2,16,18,19). The molecule has 2 aromatic carbocycles. The van der Waals surface area contributed by atoms with Gasteiger partial charge < -0.3 is 4.74 Å². The Labute approximate surface area is 121 Å². The molecule has 2 N–H and O–H groups in total. The van der Waals surface area contributed by atoms with E-state index in [1.54, 1.807) is 0 Å². The monoisotopic (exact) mass is 309 g/mol. The Kier molecular flexibility index (Phi) is 4.35. The minimum absolute atomic E-state index is 0.00392. The van der Waals surface area contributed by atoms with Crippen molar-refractivity contribution in [1.29, 1.82) is 0 Å². The zero-order chi connectivity index (χ0) is 15.5. The molecule has 7 heteroatoms. The van der Waals surface area contributed by atoms with Gasteiger partial charge in [-0.05, 0) is 42.0 Å². The second kappa shape index (κ2) is 6.02. The Morgan fingerprint density at radius 2 is 1.62 bits per heavy atom. The minimum atomic E-state index is -3.79. The van der Waals surface area contributed by atoms with Crippen molar-refractivity contribution in [3.05, 3.63) is 65.5 Å². The highest BCUT2D eigenvalue weighted by Gasteiger charge is 2.11. The van der Waals surface area contributed by atoms with E-state index in [0.29, 0.717) is 5.56 Å². The molecule has 0 aliphatic carbocycles. The number of hydrogen-bond acceptors (Lipinski definition) is 4. The second-order valence-electron chi connectivity index (χ2n) is 4.27. The number of primary sulfonamides is 1. The SMILES string of the molecule is NS(=O)(=O)c1ccc(C(=O)OCc2ccc(F)cc2)cc1. The van der Waals surface area contributed by atoms with Crippen LogP contribution in [0.15, 0.2) is 53.4 Å². The number of halogens is 1. The highest BCUT2D eigenvalue weighted by Crippen LogP contribution is 2.11. The average Bonchev–Trinajstić information content (AvgIpc) is 2.45. The molecule has 0 fully saturated rings. The molecule has 5 nitrogen and oxygen atoms in total. The Bertz CT molecular complexity index is 740. The number of hydrogen-bond donors (Lipinski definition) is 1. The molecule has 0 aliphatic rings. The molecule has 0 spiro atoms. The van der Waals surface area contributed by atoms with Crippen LogP contribution in [0.2, 0.25) is 0 Å². The van der Waals surface area contributed by atoms with E-state index < -0.39 is 16.0 Å². The largest absolute Gasteiger partial charge is 0.457 e. The van der Waals surface area contributed by atoms with Crippen molar-refractivity contribution >= 4 is 16.0 Å². The molecular weight excluding hydrogens is 297 g/mol. The van der Waals surface area contributed by atoms with E-state index in [9.17, 15) is 17.6 Å². The number of sulfonamides is 1. The van der Waals surface area contributed by atoms with Crippen LogP contribution in [0, 0.1) is 5.82 Å². The summed E-state index contributed by atoms with van der Waals surface area (Å²) in [5.74, 6) is -0.982. The fraction of sp³-hybridized carbons (Fsp3) is 0.0714. The molecule has 0 heterocycles. The van der Waals surface area contributed by atoms with Crippen molar-refractivity contribution in [3.8, 4) is 0 Å². The molecular formula is C14H12FNO4S. The van der Waals surface area contributed by atoms with E-state index in [-0.39, 0.29) is 22.9 Å². The lowest BCUT2D eigenvalue weighted by molar-refractivity contribution is 0.0472.